The molecule has 0 saturated heterocycles. The number of nitrogens with one attached hydrogen (secondary N) is 1. The summed E-state index contributed by atoms with van der Waals surface area (Å²) in [4.78, 5) is 0.0306. The first-order valence-electron chi connectivity index (χ1n) is 6.80. The van der Waals surface area contributed by atoms with Gasteiger partial charge in [-0.15, -0.1) is 0 Å². The molecule has 0 aliphatic rings. The molecule has 1 aromatic carbocycles. The van der Waals surface area contributed by atoms with Crippen LogP contribution in [0.5, 0.6) is 0 Å². The normalized spacial score (nSPS) is 11.7. The van der Waals surface area contributed by atoms with Crippen LogP contribution in [0.2, 0.25) is 0 Å². The average molecular weight is 308 g/mol. The zero-order chi connectivity index (χ0) is 15.5. The van der Waals surface area contributed by atoms with Crippen molar-refractivity contribution in [3.63, 3.8) is 0 Å². The van der Waals surface area contributed by atoms with Crippen LogP contribution in [0.3, 0.4) is 0 Å². The van der Waals surface area contributed by atoms with E-state index in [4.69, 9.17) is 5.73 Å². The van der Waals surface area contributed by atoms with Crippen molar-refractivity contribution in [2.24, 2.45) is 0 Å². The lowest BCUT2D eigenvalue weighted by Gasteiger charge is -2.06. The van der Waals surface area contributed by atoms with Crippen molar-refractivity contribution in [1.29, 1.82) is 0 Å². The highest BCUT2D eigenvalue weighted by atomic mass is 32.2. The second kappa shape index (κ2) is 6.28. The molecule has 6 nitrogen and oxygen atoms in total. The smallest absolute Gasteiger partial charge is 0.246 e. The summed E-state index contributed by atoms with van der Waals surface area (Å²) in [6.45, 7) is 4.83. The van der Waals surface area contributed by atoms with Crippen molar-refractivity contribution >= 4 is 15.8 Å². The Bertz CT molecular complexity index is 705. The summed E-state index contributed by atoms with van der Waals surface area (Å²) in [6, 6.07) is 7.66. The summed E-state index contributed by atoms with van der Waals surface area (Å²) in [7, 11) is -3.66. The quantitative estimate of drug-likeness (QED) is 0.849. The predicted octanol–water partition coefficient (Wildman–Crippen LogP) is 1.66. The largest absolute Gasteiger partial charge is 0.381 e. The van der Waals surface area contributed by atoms with Gasteiger partial charge in [-0.2, -0.15) is 5.10 Å². The van der Waals surface area contributed by atoms with Gasteiger partial charge in [-0.25, -0.2) is 13.1 Å². The highest BCUT2D eigenvalue weighted by molar-refractivity contribution is 7.89. The number of nitrogen functional groups attached to an aromatic ring is 1. The van der Waals surface area contributed by atoms with Crippen molar-refractivity contribution in [1.82, 2.24) is 14.5 Å². The lowest BCUT2D eigenvalue weighted by molar-refractivity contribution is 0.579. The molecule has 2 aromatic rings. The summed E-state index contributed by atoms with van der Waals surface area (Å²) >= 11 is 0. The number of rotatable bonds is 6. The Kier molecular flexibility index (Phi) is 4.64. The van der Waals surface area contributed by atoms with E-state index < -0.39 is 10.0 Å². The fraction of sp³-hybridized carbons (Fsp3) is 0.357. The maximum Gasteiger partial charge on any atom is 0.246 e. The highest BCUT2D eigenvalue weighted by Gasteiger charge is 2.20. The summed E-state index contributed by atoms with van der Waals surface area (Å²) in [6.07, 6.45) is 2.33. The summed E-state index contributed by atoms with van der Waals surface area (Å²) < 4.78 is 28.6. The van der Waals surface area contributed by atoms with Crippen LogP contribution in [0.15, 0.2) is 35.4 Å². The molecule has 0 bridgehead atoms. The van der Waals surface area contributed by atoms with E-state index >= 15 is 0 Å². The molecule has 0 atom stereocenters. The van der Waals surface area contributed by atoms with Gasteiger partial charge in [-0.3, -0.25) is 4.68 Å². The SMILES string of the molecule is CCCn1cc(S(=O)(=O)NCc2ccc(C)cc2)c(N)n1. The predicted molar refractivity (Wildman–Crippen MR) is 82.1 cm³/mol. The maximum atomic E-state index is 12.3. The monoisotopic (exact) mass is 308 g/mol. The number of hydrogen-bond donors (Lipinski definition) is 2. The van der Waals surface area contributed by atoms with E-state index in [9.17, 15) is 8.42 Å². The Morgan fingerprint density at radius 2 is 1.95 bits per heavy atom. The van der Waals surface area contributed by atoms with Gasteiger partial charge in [0.1, 0.15) is 4.90 Å². The van der Waals surface area contributed by atoms with Crippen molar-refractivity contribution in [3.8, 4) is 0 Å². The van der Waals surface area contributed by atoms with Crippen LogP contribution in [-0.2, 0) is 23.1 Å². The van der Waals surface area contributed by atoms with Gasteiger partial charge >= 0.3 is 0 Å². The fourth-order valence-electron chi connectivity index (χ4n) is 1.93. The van der Waals surface area contributed by atoms with Gasteiger partial charge in [0.15, 0.2) is 5.82 Å². The van der Waals surface area contributed by atoms with Gasteiger partial charge in [0.2, 0.25) is 10.0 Å². The van der Waals surface area contributed by atoms with E-state index in [1.807, 2.05) is 38.1 Å². The summed E-state index contributed by atoms with van der Waals surface area (Å²) in [5, 5.41) is 4.01. The van der Waals surface area contributed by atoms with Gasteiger partial charge in [0.25, 0.3) is 0 Å². The molecule has 0 aliphatic heterocycles. The minimum Gasteiger partial charge on any atom is -0.381 e. The molecule has 1 aromatic heterocycles. The van der Waals surface area contributed by atoms with Gasteiger partial charge in [-0.05, 0) is 18.9 Å². The molecule has 7 heteroatoms. The van der Waals surface area contributed by atoms with Gasteiger partial charge in [-0.1, -0.05) is 36.8 Å². The number of sulfonamides is 1. The molecule has 2 rings (SSSR count). The number of anilines is 1. The van der Waals surface area contributed by atoms with Crippen LogP contribution in [0.4, 0.5) is 5.82 Å². The minimum atomic E-state index is -3.66. The zero-order valence-electron chi connectivity index (χ0n) is 12.2. The first-order chi connectivity index (χ1) is 9.92. The third-order valence-corrected chi connectivity index (χ3v) is 4.50. The standard InChI is InChI=1S/C14H20N4O2S/c1-3-8-18-10-13(14(15)17-18)21(19,20)16-9-12-6-4-11(2)5-7-12/h4-7,10,16H,3,8-9H2,1-2H3,(H2,15,17). The third-order valence-electron chi connectivity index (χ3n) is 3.08. The highest BCUT2D eigenvalue weighted by Crippen LogP contribution is 2.16. The number of aryl methyl sites for hydroxylation is 2. The van der Waals surface area contributed by atoms with Crippen LogP contribution >= 0.6 is 0 Å². The maximum absolute atomic E-state index is 12.3. The molecule has 1 heterocycles. The lowest BCUT2D eigenvalue weighted by Crippen LogP contribution is -2.23. The Hall–Kier alpha value is -1.86. The number of aromatic nitrogens is 2. The second-order valence-electron chi connectivity index (χ2n) is 4.95. The number of nitrogens with zero attached hydrogens (tertiary/aromatic N) is 2. The number of nitrogens with two attached hydrogens (primary N) is 1. The van der Waals surface area contributed by atoms with Gasteiger partial charge in [0.05, 0.1) is 0 Å². The van der Waals surface area contributed by atoms with Crippen molar-refractivity contribution in [2.45, 2.75) is 38.3 Å². The molecule has 21 heavy (non-hydrogen) atoms. The van der Waals surface area contributed by atoms with Crippen molar-refractivity contribution in [3.05, 3.63) is 41.6 Å². The van der Waals surface area contributed by atoms with Gasteiger partial charge < -0.3 is 5.73 Å². The molecule has 0 fully saturated rings. The van der Waals surface area contributed by atoms with E-state index in [0.717, 1.165) is 17.5 Å². The lowest BCUT2D eigenvalue weighted by atomic mass is 10.2. The van der Waals surface area contributed by atoms with Crippen molar-refractivity contribution < 1.29 is 8.42 Å². The van der Waals surface area contributed by atoms with Crippen LogP contribution in [-0.4, -0.2) is 18.2 Å². The molecule has 0 amide bonds. The molecule has 0 spiro atoms. The van der Waals surface area contributed by atoms with E-state index in [0.29, 0.717) is 6.54 Å². The topological polar surface area (TPSA) is 90.0 Å². The van der Waals surface area contributed by atoms with E-state index in [-0.39, 0.29) is 17.3 Å². The molecule has 0 radical (unpaired) electrons. The van der Waals surface area contributed by atoms with Gasteiger partial charge in [0, 0.05) is 19.3 Å². The van der Waals surface area contributed by atoms with Crippen LogP contribution in [0.25, 0.3) is 0 Å². The average Bonchev–Trinajstić information content (AvgIpc) is 2.80. The first-order valence-corrected chi connectivity index (χ1v) is 8.29. The Balaban J connectivity index is 2.12. The number of benzene rings is 1. The van der Waals surface area contributed by atoms with Crippen molar-refractivity contribution in [2.75, 3.05) is 5.73 Å². The van der Waals surface area contributed by atoms with Crippen LogP contribution in [0, 0.1) is 6.92 Å². The Labute approximate surface area is 125 Å². The third kappa shape index (κ3) is 3.83. The zero-order valence-corrected chi connectivity index (χ0v) is 13.0. The molecule has 0 aliphatic carbocycles. The number of hydrogen-bond acceptors (Lipinski definition) is 4. The first kappa shape index (κ1) is 15.5. The Morgan fingerprint density at radius 3 is 2.57 bits per heavy atom. The molecule has 0 unspecified atom stereocenters. The molecule has 0 saturated carbocycles. The minimum absolute atomic E-state index is 0.0276. The summed E-state index contributed by atoms with van der Waals surface area (Å²) in [5.74, 6) is 0.0276. The van der Waals surface area contributed by atoms with Crippen LogP contribution in [0.1, 0.15) is 24.5 Å². The van der Waals surface area contributed by atoms with Crippen LogP contribution < -0.4 is 10.5 Å². The Morgan fingerprint density at radius 1 is 1.29 bits per heavy atom. The summed E-state index contributed by atoms with van der Waals surface area (Å²) in [5.41, 5.74) is 7.72. The molecule has 114 valence electrons. The molecular weight excluding hydrogens is 288 g/mol. The van der Waals surface area contributed by atoms with E-state index in [1.54, 1.807) is 4.68 Å². The fourth-order valence-corrected chi connectivity index (χ4v) is 3.02. The molecule has 3 N–H and O–H groups in total. The van der Waals surface area contributed by atoms with E-state index in [2.05, 4.69) is 9.82 Å². The second-order valence-corrected chi connectivity index (χ2v) is 6.69. The van der Waals surface area contributed by atoms with E-state index in [1.165, 1.54) is 6.20 Å². The molecular formula is C14H20N4O2S.